The van der Waals surface area contributed by atoms with E-state index in [4.69, 9.17) is 15.9 Å². The third-order valence-corrected chi connectivity index (χ3v) is 4.72. The molecule has 0 fully saturated rings. The number of fused-ring (bicyclic) bond motifs is 1. The molecule has 0 aliphatic carbocycles. The van der Waals surface area contributed by atoms with Gasteiger partial charge in [-0.1, -0.05) is 6.07 Å². The Labute approximate surface area is 153 Å². The first kappa shape index (κ1) is 18.0. The molecule has 0 saturated heterocycles. The second kappa shape index (κ2) is 7.62. The van der Waals surface area contributed by atoms with Crippen molar-refractivity contribution >= 4 is 22.3 Å². The summed E-state index contributed by atoms with van der Waals surface area (Å²) in [6.45, 7) is 6.52. The maximum absolute atomic E-state index is 12.6. The van der Waals surface area contributed by atoms with Crippen molar-refractivity contribution in [2.45, 2.75) is 20.3 Å². The number of nitrogens with zero attached hydrogens (tertiary/aromatic N) is 1. The smallest absolute Gasteiger partial charge is 0.344 e. The molecule has 0 spiro atoms. The third-order valence-electron chi connectivity index (χ3n) is 4.72. The molecule has 0 saturated carbocycles. The van der Waals surface area contributed by atoms with Crippen molar-refractivity contribution in [3.63, 3.8) is 0 Å². The lowest BCUT2D eigenvalue weighted by molar-refractivity contribution is 0.563. The molecule has 0 aliphatic heterocycles. The average Bonchev–Trinajstić information content (AvgIpc) is 2.64. The zero-order valence-electron chi connectivity index (χ0n) is 15.3. The van der Waals surface area contributed by atoms with Crippen LogP contribution in [0.5, 0.6) is 0 Å². The van der Waals surface area contributed by atoms with E-state index in [-0.39, 0.29) is 5.63 Å². The van der Waals surface area contributed by atoms with E-state index in [1.807, 2.05) is 36.4 Å². The normalized spacial score (nSPS) is 11.0. The first-order valence-corrected chi connectivity index (χ1v) is 8.99. The second-order valence-corrected chi connectivity index (χ2v) is 6.29. The van der Waals surface area contributed by atoms with Gasteiger partial charge in [0.1, 0.15) is 5.58 Å². The van der Waals surface area contributed by atoms with E-state index in [1.165, 1.54) is 0 Å². The van der Waals surface area contributed by atoms with Gasteiger partial charge in [-0.3, -0.25) is 0 Å². The van der Waals surface area contributed by atoms with Crippen molar-refractivity contribution in [2.24, 2.45) is 5.73 Å². The predicted molar refractivity (Wildman–Crippen MR) is 109 cm³/mol. The van der Waals surface area contributed by atoms with Gasteiger partial charge < -0.3 is 20.8 Å². The molecule has 0 amide bonds. The van der Waals surface area contributed by atoms with Crippen LogP contribution < -0.4 is 22.0 Å². The highest BCUT2D eigenvalue weighted by atomic mass is 16.4. The molecule has 1 heterocycles. The van der Waals surface area contributed by atoms with Crippen LogP contribution in [0, 0.1) is 0 Å². The van der Waals surface area contributed by atoms with Crippen molar-refractivity contribution in [2.75, 3.05) is 30.3 Å². The molecule has 0 bridgehead atoms. The highest BCUT2D eigenvalue weighted by Gasteiger charge is 2.11. The summed E-state index contributed by atoms with van der Waals surface area (Å²) in [5.74, 6) is 0. The molecule has 0 radical (unpaired) electrons. The number of benzene rings is 2. The quantitative estimate of drug-likeness (QED) is 0.525. The molecular formula is C21H25N3O2. The van der Waals surface area contributed by atoms with Crippen molar-refractivity contribution in [3.05, 3.63) is 58.4 Å². The topological polar surface area (TPSA) is 85.5 Å². The van der Waals surface area contributed by atoms with Crippen LogP contribution in [0.15, 0.2) is 51.7 Å². The van der Waals surface area contributed by atoms with Gasteiger partial charge in [0.25, 0.3) is 0 Å². The number of anilines is 2. The molecule has 136 valence electrons. The monoisotopic (exact) mass is 351 g/mol. The van der Waals surface area contributed by atoms with E-state index in [1.54, 1.807) is 0 Å². The SMILES string of the molecule is CCN(CC)c1ccc2cc(-c3ccc(N)c(CCN)c3)c(=O)oc2c1. The highest BCUT2D eigenvalue weighted by Crippen LogP contribution is 2.27. The standard InChI is InChI=1S/C21H25N3O2/c1-3-24(4-2)17-7-5-16-12-18(21(25)26-20(16)13-17)14-6-8-19(23)15(11-14)9-10-22/h5-8,11-13H,3-4,9-10,22-23H2,1-2H3. The van der Waals surface area contributed by atoms with Crippen molar-refractivity contribution in [1.82, 2.24) is 0 Å². The lowest BCUT2D eigenvalue weighted by Crippen LogP contribution is -2.21. The van der Waals surface area contributed by atoms with Gasteiger partial charge in [0.15, 0.2) is 0 Å². The summed E-state index contributed by atoms with van der Waals surface area (Å²) in [7, 11) is 0. The molecule has 4 N–H and O–H groups in total. The van der Waals surface area contributed by atoms with E-state index in [2.05, 4.69) is 24.8 Å². The van der Waals surface area contributed by atoms with Crippen LogP contribution in [-0.2, 0) is 6.42 Å². The zero-order valence-corrected chi connectivity index (χ0v) is 15.3. The minimum absolute atomic E-state index is 0.349. The molecular weight excluding hydrogens is 326 g/mol. The molecule has 0 atom stereocenters. The summed E-state index contributed by atoms with van der Waals surface area (Å²) in [5, 5.41) is 0.896. The van der Waals surface area contributed by atoms with E-state index >= 15 is 0 Å². The first-order chi connectivity index (χ1) is 12.6. The van der Waals surface area contributed by atoms with Crippen LogP contribution in [-0.4, -0.2) is 19.6 Å². The number of hydrogen-bond donors (Lipinski definition) is 2. The number of nitrogens with two attached hydrogens (primary N) is 2. The Bertz CT molecular complexity index is 975. The van der Waals surface area contributed by atoms with Crippen LogP contribution >= 0.6 is 0 Å². The fraction of sp³-hybridized carbons (Fsp3) is 0.286. The number of nitrogen functional groups attached to an aromatic ring is 1. The van der Waals surface area contributed by atoms with E-state index in [0.29, 0.717) is 29.8 Å². The Morgan fingerprint density at radius 3 is 2.50 bits per heavy atom. The van der Waals surface area contributed by atoms with Crippen LogP contribution in [0.1, 0.15) is 19.4 Å². The Kier molecular flexibility index (Phi) is 5.28. The summed E-state index contributed by atoms with van der Waals surface area (Å²) < 4.78 is 5.62. The van der Waals surface area contributed by atoms with Crippen LogP contribution in [0.3, 0.4) is 0 Å². The Hall–Kier alpha value is -2.79. The largest absolute Gasteiger partial charge is 0.422 e. The summed E-state index contributed by atoms with van der Waals surface area (Å²) in [5.41, 5.74) is 15.9. The maximum atomic E-state index is 12.6. The van der Waals surface area contributed by atoms with Crippen molar-refractivity contribution in [3.8, 4) is 11.1 Å². The van der Waals surface area contributed by atoms with Gasteiger partial charge >= 0.3 is 5.63 Å². The van der Waals surface area contributed by atoms with Gasteiger partial charge in [0.2, 0.25) is 0 Å². The molecule has 5 heteroatoms. The van der Waals surface area contributed by atoms with Crippen LogP contribution in [0.4, 0.5) is 11.4 Å². The summed E-state index contributed by atoms with van der Waals surface area (Å²) in [6.07, 6.45) is 0.672. The molecule has 0 unspecified atom stereocenters. The van der Waals surface area contributed by atoms with Gasteiger partial charge in [0, 0.05) is 35.9 Å². The number of rotatable bonds is 6. The molecule has 26 heavy (non-hydrogen) atoms. The zero-order chi connectivity index (χ0) is 18.7. The van der Waals surface area contributed by atoms with Gasteiger partial charge in [0.05, 0.1) is 5.56 Å². The van der Waals surface area contributed by atoms with Crippen LogP contribution in [0.25, 0.3) is 22.1 Å². The Morgan fingerprint density at radius 1 is 1.04 bits per heavy atom. The lowest BCUT2D eigenvalue weighted by atomic mass is 10.0. The summed E-state index contributed by atoms with van der Waals surface area (Å²) in [6, 6.07) is 13.4. The van der Waals surface area contributed by atoms with E-state index in [9.17, 15) is 4.79 Å². The number of hydrogen-bond acceptors (Lipinski definition) is 5. The summed E-state index contributed by atoms with van der Waals surface area (Å²) in [4.78, 5) is 14.8. The fourth-order valence-corrected chi connectivity index (χ4v) is 3.23. The minimum atomic E-state index is -0.349. The van der Waals surface area contributed by atoms with Gasteiger partial charge in [-0.25, -0.2) is 4.79 Å². The highest BCUT2D eigenvalue weighted by molar-refractivity contribution is 5.84. The predicted octanol–water partition coefficient (Wildman–Crippen LogP) is 3.39. The lowest BCUT2D eigenvalue weighted by Gasteiger charge is -2.21. The van der Waals surface area contributed by atoms with Crippen LogP contribution in [0.2, 0.25) is 0 Å². The minimum Gasteiger partial charge on any atom is -0.422 e. The first-order valence-electron chi connectivity index (χ1n) is 8.99. The molecule has 3 rings (SSSR count). The third kappa shape index (κ3) is 3.44. The average molecular weight is 351 g/mol. The van der Waals surface area contributed by atoms with Crippen molar-refractivity contribution in [1.29, 1.82) is 0 Å². The van der Waals surface area contributed by atoms with Gasteiger partial charge in [-0.05, 0) is 68.3 Å². The fourth-order valence-electron chi connectivity index (χ4n) is 3.23. The van der Waals surface area contributed by atoms with Gasteiger partial charge in [-0.2, -0.15) is 0 Å². The van der Waals surface area contributed by atoms with Crippen molar-refractivity contribution < 1.29 is 4.42 Å². The Balaban J connectivity index is 2.08. The van der Waals surface area contributed by atoms with Gasteiger partial charge in [-0.15, -0.1) is 0 Å². The van der Waals surface area contributed by atoms with E-state index < -0.39 is 0 Å². The molecule has 2 aromatic carbocycles. The molecule has 5 nitrogen and oxygen atoms in total. The van der Waals surface area contributed by atoms with E-state index in [0.717, 1.165) is 35.3 Å². The summed E-state index contributed by atoms with van der Waals surface area (Å²) >= 11 is 0. The molecule has 1 aromatic heterocycles. The molecule has 3 aromatic rings. The second-order valence-electron chi connectivity index (χ2n) is 6.29. The maximum Gasteiger partial charge on any atom is 0.344 e. The molecule has 0 aliphatic rings. The Morgan fingerprint density at radius 2 is 1.81 bits per heavy atom.